The molecule has 1 aromatic carbocycles. The molecule has 7 heteroatoms. The SMILES string of the molecule is COc1ccc(Cl)c(S(=O)(=O)N2CCCCCO2)c1. The van der Waals surface area contributed by atoms with Crippen LogP contribution in [-0.4, -0.2) is 33.1 Å². The van der Waals surface area contributed by atoms with Crippen molar-refractivity contribution in [2.75, 3.05) is 20.3 Å². The van der Waals surface area contributed by atoms with Crippen LogP contribution in [0.3, 0.4) is 0 Å². The molecule has 106 valence electrons. The lowest BCUT2D eigenvalue weighted by Crippen LogP contribution is -2.31. The van der Waals surface area contributed by atoms with E-state index >= 15 is 0 Å². The van der Waals surface area contributed by atoms with Crippen molar-refractivity contribution in [3.63, 3.8) is 0 Å². The minimum atomic E-state index is -3.75. The van der Waals surface area contributed by atoms with Crippen LogP contribution in [0.1, 0.15) is 19.3 Å². The van der Waals surface area contributed by atoms with Gasteiger partial charge in [0.1, 0.15) is 10.6 Å². The molecule has 5 nitrogen and oxygen atoms in total. The van der Waals surface area contributed by atoms with E-state index < -0.39 is 10.0 Å². The Balaban J connectivity index is 2.37. The molecule has 0 bridgehead atoms. The lowest BCUT2D eigenvalue weighted by atomic mass is 10.2. The van der Waals surface area contributed by atoms with E-state index in [0.29, 0.717) is 18.9 Å². The second-order valence-electron chi connectivity index (χ2n) is 4.22. The predicted molar refractivity (Wildman–Crippen MR) is 71.7 cm³/mol. The molecule has 1 fully saturated rings. The molecule has 1 heterocycles. The molecule has 2 rings (SSSR count). The van der Waals surface area contributed by atoms with Gasteiger partial charge in [0.05, 0.1) is 18.7 Å². The van der Waals surface area contributed by atoms with Crippen LogP contribution in [0.4, 0.5) is 0 Å². The molecular weight excluding hydrogens is 290 g/mol. The molecule has 0 atom stereocenters. The molecular formula is C12H16ClNO4S. The van der Waals surface area contributed by atoms with Crippen LogP contribution in [0, 0.1) is 0 Å². The van der Waals surface area contributed by atoms with Gasteiger partial charge in [-0.05, 0) is 31.4 Å². The lowest BCUT2D eigenvalue weighted by Gasteiger charge is -2.20. The summed E-state index contributed by atoms with van der Waals surface area (Å²) in [5.74, 6) is 0.442. The molecule has 0 spiro atoms. The maximum Gasteiger partial charge on any atom is 0.266 e. The number of rotatable bonds is 3. The van der Waals surface area contributed by atoms with Crippen LogP contribution in [-0.2, 0) is 14.9 Å². The van der Waals surface area contributed by atoms with Gasteiger partial charge < -0.3 is 4.74 Å². The van der Waals surface area contributed by atoms with E-state index in [-0.39, 0.29) is 9.92 Å². The molecule has 1 aliphatic rings. The molecule has 1 aliphatic heterocycles. The maximum atomic E-state index is 12.5. The lowest BCUT2D eigenvalue weighted by molar-refractivity contribution is -0.0748. The van der Waals surface area contributed by atoms with Gasteiger partial charge in [-0.2, -0.15) is 0 Å². The highest BCUT2D eigenvalue weighted by Crippen LogP contribution is 2.29. The zero-order valence-corrected chi connectivity index (χ0v) is 12.2. The Hall–Kier alpha value is -0.820. The topological polar surface area (TPSA) is 55.8 Å². The summed E-state index contributed by atoms with van der Waals surface area (Å²) >= 11 is 5.98. The summed E-state index contributed by atoms with van der Waals surface area (Å²) in [4.78, 5) is 5.31. The van der Waals surface area contributed by atoms with Crippen LogP contribution in [0.5, 0.6) is 5.75 Å². The van der Waals surface area contributed by atoms with E-state index in [4.69, 9.17) is 21.2 Å². The third-order valence-corrected chi connectivity index (χ3v) is 5.06. The van der Waals surface area contributed by atoms with Gasteiger partial charge in [0, 0.05) is 12.6 Å². The Bertz CT molecular complexity index is 539. The maximum absolute atomic E-state index is 12.5. The largest absolute Gasteiger partial charge is 0.497 e. The molecule has 0 aliphatic carbocycles. The monoisotopic (exact) mass is 305 g/mol. The Kier molecular flexibility index (Phi) is 4.67. The van der Waals surface area contributed by atoms with Gasteiger partial charge in [0.15, 0.2) is 0 Å². The molecule has 19 heavy (non-hydrogen) atoms. The van der Waals surface area contributed by atoms with Gasteiger partial charge >= 0.3 is 0 Å². The fourth-order valence-electron chi connectivity index (χ4n) is 1.86. The first-order chi connectivity index (χ1) is 9.05. The number of sulfonamides is 1. The van der Waals surface area contributed by atoms with Crippen LogP contribution < -0.4 is 4.74 Å². The molecule has 0 amide bonds. The summed E-state index contributed by atoms with van der Waals surface area (Å²) in [7, 11) is -2.28. The summed E-state index contributed by atoms with van der Waals surface area (Å²) < 4.78 is 31.0. The number of ether oxygens (including phenoxy) is 1. The number of halogens is 1. The first-order valence-corrected chi connectivity index (χ1v) is 7.86. The third kappa shape index (κ3) is 3.20. The second kappa shape index (κ2) is 6.09. The van der Waals surface area contributed by atoms with Gasteiger partial charge in [-0.15, -0.1) is 0 Å². The number of hydrogen-bond acceptors (Lipinski definition) is 4. The molecule has 0 N–H and O–H groups in total. The van der Waals surface area contributed by atoms with Crippen molar-refractivity contribution in [3.8, 4) is 5.75 Å². The fourth-order valence-corrected chi connectivity index (χ4v) is 3.65. The zero-order valence-electron chi connectivity index (χ0n) is 10.6. The average Bonchev–Trinajstić information content (AvgIpc) is 2.68. The summed E-state index contributed by atoms with van der Waals surface area (Å²) in [5, 5.41) is 0.161. The van der Waals surface area contributed by atoms with Crippen molar-refractivity contribution < 1.29 is 18.0 Å². The van der Waals surface area contributed by atoms with Gasteiger partial charge in [-0.25, -0.2) is 8.42 Å². The van der Waals surface area contributed by atoms with Crippen LogP contribution in [0.2, 0.25) is 5.02 Å². The third-order valence-electron chi connectivity index (χ3n) is 2.90. The fraction of sp³-hybridized carbons (Fsp3) is 0.500. The molecule has 0 unspecified atom stereocenters. The number of benzene rings is 1. The standard InChI is InChI=1S/C12H16ClNO4S/c1-17-10-5-6-11(13)12(9-10)19(15,16)14-7-3-2-4-8-18-14/h5-6,9H,2-4,7-8H2,1H3. The number of hydroxylamine groups is 1. The molecule has 1 aromatic rings. The van der Waals surface area contributed by atoms with E-state index in [1.54, 1.807) is 6.07 Å². The minimum Gasteiger partial charge on any atom is -0.497 e. The smallest absolute Gasteiger partial charge is 0.266 e. The van der Waals surface area contributed by atoms with Crippen molar-refractivity contribution in [2.45, 2.75) is 24.2 Å². The average molecular weight is 306 g/mol. The first-order valence-electron chi connectivity index (χ1n) is 6.05. The van der Waals surface area contributed by atoms with Gasteiger partial charge in [0.25, 0.3) is 10.0 Å². The summed E-state index contributed by atoms with van der Waals surface area (Å²) in [6.07, 6.45) is 2.59. The number of nitrogens with zero attached hydrogens (tertiary/aromatic N) is 1. The van der Waals surface area contributed by atoms with E-state index in [0.717, 1.165) is 23.7 Å². The second-order valence-corrected chi connectivity index (χ2v) is 6.43. The Morgan fingerprint density at radius 3 is 2.84 bits per heavy atom. The highest BCUT2D eigenvalue weighted by atomic mass is 35.5. The molecule has 0 aromatic heterocycles. The summed E-state index contributed by atoms with van der Waals surface area (Å²) in [6.45, 7) is 0.747. The van der Waals surface area contributed by atoms with Gasteiger partial charge in [-0.3, -0.25) is 4.84 Å². The highest BCUT2D eigenvalue weighted by Gasteiger charge is 2.29. The predicted octanol–water partition coefficient (Wildman–Crippen LogP) is 2.45. The molecule has 0 saturated carbocycles. The molecule has 1 saturated heterocycles. The minimum absolute atomic E-state index is 0.00965. The highest BCUT2D eigenvalue weighted by molar-refractivity contribution is 7.89. The number of hydrogen-bond donors (Lipinski definition) is 0. The van der Waals surface area contributed by atoms with Crippen molar-refractivity contribution in [1.29, 1.82) is 0 Å². The Morgan fingerprint density at radius 2 is 2.11 bits per heavy atom. The van der Waals surface area contributed by atoms with Gasteiger partial charge in [0.2, 0.25) is 0 Å². The van der Waals surface area contributed by atoms with Crippen molar-refractivity contribution in [3.05, 3.63) is 23.2 Å². The van der Waals surface area contributed by atoms with Gasteiger partial charge in [-0.1, -0.05) is 16.1 Å². The van der Waals surface area contributed by atoms with E-state index in [1.807, 2.05) is 0 Å². The summed E-state index contributed by atoms with van der Waals surface area (Å²) in [6, 6.07) is 4.53. The Labute approximate surface area is 118 Å². The quantitative estimate of drug-likeness (QED) is 0.861. The van der Waals surface area contributed by atoms with Crippen molar-refractivity contribution >= 4 is 21.6 Å². The van der Waals surface area contributed by atoms with E-state index in [1.165, 1.54) is 19.2 Å². The zero-order chi connectivity index (χ0) is 13.9. The van der Waals surface area contributed by atoms with Crippen molar-refractivity contribution in [1.82, 2.24) is 4.47 Å². The summed E-state index contributed by atoms with van der Waals surface area (Å²) in [5.41, 5.74) is 0. The first kappa shape index (κ1) is 14.6. The number of methoxy groups -OCH3 is 1. The van der Waals surface area contributed by atoms with Crippen LogP contribution >= 0.6 is 11.6 Å². The Morgan fingerprint density at radius 1 is 1.32 bits per heavy atom. The normalized spacial score (nSPS) is 18.0. The molecule has 0 radical (unpaired) electrons. The van der Waals surface area contributed by atoms with Crippen LogP contribution in [0.15, 0.2) is 23.1 Å². The van der Waals surface area contributed by atoms with E-state index in [9.17, 15) is 8.42 Å². The van der Waals surface area contributed by atoms with Crippen LogP contribution in [0.25, 0.3) is 0 Å². The van der Waals surface area contributed by atoms with Crippen molar-refractivity contribution in [2.24, 2.45) is 0 Å². The van der Waals surface area contributed by atoms with E-state index in [2.05, 4.69) is 0 Å².